The maximum atomic E-state index is 12.2. The first kappa shape index (κ1) is 17.8. The van der Waals surface area contributed by atoms with Gasteiger partial charge in [0.05, 0.1) is 45.2 Å². The molecule has 1 saturated heterocycles. The summed E-state index contributed by atoms with van der Waals surface area (Å²) in [6.45, 7) is 3.53. The third-order valence-corrected chi connectivity index (χ3v) is 5.58. The maximum absolute atomic E-state index is 12.2. The minimum atomic E-state index is -3.70. The quantitative estimate of drug-likeness (QED) is 0.626. The first-order valence-electron chi connectivity index (χ1n) is 7.35. The second-order valence-corrected chi connectivity index (χ2v) is 7.44. The van der Waals surface area contributed by atoms with Crippen LogP contribution in [0.15, 0.2) is 29.2 Å². The molecule has 9 heteroatoms. The Bertz CT molecular complexity index is 639. The van der Waals surface area contributed by atoms with Crippen LogP contribution in [0.25, 0.3) is 0 Å². The van der Waals surface area contributed by atoms with Crippen LogP contribution in [-0.4, -0.2) is 71.2 Å². The minimum absolute atomic E-state index is 0.0709. The zero-order valence-electron chi connectivity index (χ0n) is 13.6. The van der Waals surface area contributed by atoms with Gasteiger partial charge in [-0.1, -0.05) is 4.47 Å². The summed E-state index contributed by atoms with van der Waals surface area (Å²) in [4.78, 5) is 18.4. The number of benzene rings is 1. The molecule has 0 bridgehead atoms. The van der Waals surface area contributed by atoms with Crippen molar-refractivity contribution in [1.82, 2.24) is 14.9 Å². The zero-order chi connectivity index (χ0) is 17.0. The van der Waals surface area contributed by atoms with Gasteiger partial charge in [-0.25, -0.2) is 13.4 Å². The van der Waals surface area contributed by atoms with E-state index >= 15 is 0 Å². The second kappa shape index (κ2) is 7.37. The van der Waals surface area contributed by atoms with Crippen molar-refractivity contribution in [3.05, 3.63) is 29.8 Å². The number of hydroxylamine groups is 1. The molecule has 1 aromatic rings. The van der Waals surface area contributed by atoms with Crippen molar-refractivity contribution in [2.75, 3.05) is 47.4 Å². The van der Waals surface area contributed by atoms with Crippen LogP contribution in [0, 0.1) is 0 Å². The highest BCUT2D eigenvalue weighted by Crippen LogP contribution is 2.15. The number of nitrogens with zero attached hydrogens (tertiary/aromatic N) is 2. The Balaban J connectivity index is 2.03. The average Bonchev–Trinajstić information content (AvgIpc) is 2.56. The monoisotopic (exact) mass is 343 g/mol. The maximum Gasteiger partial charge on any atom is 0.265 e. The molecule has 1 aliphatic heterocycles. The molecule has 128 valence electrons. The van der Waals surface area contributed by atoms with E-state index in [0.29, 0.717) is 5.56 Å². The van der Waals surface area contributed by atoms with Crippen molar-refractivity contribution in [2.24, 2.45) is 0 Å². The largest absolute Gasteiger partial charge is 0.335 e. The van der Waals surface area contributed by atoms with Crippen LogP contribution in [0.1, 0.15) is 10.4 Å². The molecule has 1 fully saturated rings. The van der Waals surface area contributed by atoms with Gasteiger partial charge >= 0.3 is 0 Å². The predicted molar refractivity (Wildman–Crippen MR) is 84.1 cm³/mol. The highest BCUT2D eigenvalue weighted by Gasteiger charge is 2.22. The highest BCUT2D eigenvalue weighted by atomic mass is 32.2. The molecule has 0 aromatic heterocycles. The molecule has 0 spiro atoms. The van der Waals surface area contributed by atoms with Gasteiger partial charge in [-0.3, -0.25) is 15.1 Å². The molecule has 1 aromatic carbocycles. The van der Waals surface area contributed by atoms with Crippen LogP contribution >= 0.6 is 0 Å². The number of nitrogens with one attached hydrogen (secondary N) is 2. The number of amides is 1. The Morgan fingerprint density at radius 2 is 1.83 bits per heavy atom. The molecule has 0 radical (unpaired) electrons. The molecular weight excluding hydrogens is 320 g/mol. The van der Waals surface area contributed by atoms with E-state index in [0.717, 1.165) is 30.6 Å². The van der Waals surface area contributed by atoms with E-state index in [1.807, 2.05) is 5.01 Å². The lowest BCUT2D eigenvalue weighted by molar-refractivity contribution is -0.884. The van der Waals surface area contributed by atoms with Crippen LogP contribution in [0.5, 0.6) is 0 Å². The van der Waals surface area contributed by atoms with E-state index in [9.17, 15) is 13.2 Å². The Labute approximate surface area is 136 Å². The molecule has 23 heavy (non-hydrogen) atoms. The lowest BCUT2D eigenvalue weighted by Gasteiger charge is -2.30. The van der Waals surface area contributed by atoms with Crippen LogP contribution in [0.2, 0.25) is 0 Å². The highest BCUT2D eigenvalue weighted by molar-refractivity contribution is 7.89. The fourth-order valence-electron chi connectivity index (χ4n) is 2.23. The summed E-state index contributed by atoms with van der Waals surface area (Å²) in [5.41, 5.74) is 3.26. The van der Waals surface area contributed by atoms with Crippen molar-refractivity contribution >= 4 is 15.9 Å². The number of hydrazine groups is 1. The number of likely N-dealkylation sites (N-methyl/N-ethyl adjacent to an activating group) is 1. The van der Waals surface area contributed by atoms with Crippen molar-refractivity contribution in [3.63, 3.8) is 0 Å². The number of piperazine rings is 1. The first-order valence-corrected chi connectivity index (χ1v) is 8.79. The topological polar surface area (TPSA) is 83.4 Å². The van der Waals surface area contributed by atoms with Crippen LogP contribution in [-0.2, 0) is 14.9 Å². The molecule has 0 atom stereocenters. The van der Waals surface area contributed by atoms with Crippen molar-refractivity contribution < 1.29 is 22.9 Å². The summed E-state index contributed by atoms with van der Waals surface area (Å²) in [6.07, 6.45) is 0. The van der Waals surface area contributed by atoms with Gasteiger partial charge in [-0.05, 0) is 24.3 Å². The van der Waals surface area contributed by atoms with Crippen LogP contribution in [0.3, 0.4) is 0 Å². The standard InChI is InChI=1S/C14H22N4O4S/c1-16-8-10-18(11-9-16)15-14(19)12-4-6-13(7-5-12)23(20,21)17(2)22-3/h4-7H,8-11H2,1-3H3,(H,15,19)/p+1. The summed E-state index contributed by atoms with van der Waals surface area (Å²) in [5.74, 6) is -0.242. The average molecular weight is 343 g/mol. The first-order chi connectivity index (χ1) is 10.8. The van der Waals surface area contributed by atoms with Crippen LogP contribution in [0.4, 0.5) is 0 Å². The van der Waals surface area contributed by atoms with E-state index in [1.165, 1.54) is 43.3 Å². The number of quaternary nitrogens is 1. The molecule has 0 aliphatic carbocycles. The summed E-state index contributed by atoms with van der Waals surface area (Å²) < 4.78 is 24.9. The Morgan fingerprint density at radius 1 is 1.26 bits per heavy atom. The summed E-state index contributed by atoms with van der Waals surface area (Å²) in [5, 5.41) is 1.89. The summed E-state index contributed by atoms with van der Waals surface area (Å²) in [7, 11) is 1.01. The van der Waals surface area contributed by atoms with Gasteiger partial charge < -0.3 is 4.90 Å². The SMILES string of the molecule is CON(C)S(=O)(=O)c1ccc(C(=O)NN2CC[NH+](C)CC2)cc1. The smallest absolute Gasteiger partial charge is 0.265 e. The van der Waals surface area contributed by atoms with Crippen molar-refractivity contribution in [1.29, 1.82) is 0 Å². The third kappa shape index (κ3) is 4.27. The number of hydrogen-bond acceptors (Lipinski definition) is 5. The van der Waals surface area contributed by atoms with Gasteiger partial charge in [0.1, 0.15) is 0 Å². The van der Waals surface area contributed by atoms with Gasteiger partial charge in [0.2, 0.25) is 0 Å². The Morgan fingerprint density at radius 3 is 2.35 bits per heavy atom. The molecule has 1 heterocycles. The van der Waals surface area contributed by atoms with E-state index < -0.39 is 10.0 Å². The summed E-state index contributed by atoms with van der Waals surface area (Å²) in [6, 6.07) is 5.78. The van der Waals surface area contributed by atoms with Gasteiger partial charge in [0, 0.05) is 12.6 Å². The van der Waals surface area contributed by atoms with Crippen LogP contribution < -0.4 is 10.3 Å². The number of rotatable bonds is 5. The Kier molecular flexibility index (Phi) is 5.71. The molecule has 1 aliphatic rings. The van der Waals surface area contributed by atoms with Crippen molar-refractivity contribution in [3.8, 4) is 0 Å². The normalized spacial score (nSPS) is 17.4. The predicted octanol–water partition coefficient (Wildman–Crippen LogP) is -1.66. The van der Waals surface area contributed by atoms with Gasteiger partial charge in [0.25, 0.3) is 15.9 Å². The van der Waals surface area contributed by atoms with E-state index in [-0.39, 0.29) is 10.8 Å². The van der Waals surface area contributed by atoms with Gasteiger partial charge in [-0.2, -0.15) is 0 Å². The summed E-state index contributed by atoms with van der Waals surface area (Å²) >= 11 is 0. The van der Waals surface area contributed by atoms with Crippen molar-refractivity contribution in [2.45, 2.75) is 4.90 Å². The fourth-order valence-corrected chi connectivity index (χ4v) is 3.21. The molecule has 1 amide bonds. The lowest BCUT2D eigenvalue weighted by atomic mass is 10.2. The number of carbonyl (C=O) groups is 1. The third-order valence-electron chi connectivity index (χ3n) is 3.89. The molecule has 8 nitrogen and oxygen atoms in total. The Hall–Kier alpha value is -1.52. The number of hydrogen-bond donors (Lipinski definition) is 2. The lowest BCUT2D eigenvalue weighted by Crippen LogP contribution is -3.12. The molecule has 0 saturated carbocycles. The van der Waals surface area contributed by atoms with Gasteiger partial charge in [-0.15, -0.1) is 0 Å². The van der Waals surface area contributed by atoms with E-state index in [4.69, 9.17) is 4.84 Å². The number of sulfonamides is 1. The minimum Gasteiger partial charge on any atom is -0.335 e. The molecule has 0 unspecified atom stereocenters. The molecule has 2 N–H and O–H groups in total. The molecular formula is C14H23N4O4S+. The second-order valence-electron chi connectivity index (χ2n) is 5.51. The zero-order valence-corrected chi connectivity index (χ0v) is 14.4. The number of carbonyl (C=O) groups excluding carboxylic acids is 1. The van der Waals surface area contributed by atoms with Gasteiger partial charge in [0.15, 0.2) is 0 Å². The molecule has 2 rings (SSSR count). The van der Waals surface area contributed by atoms with E-state index in [2.05, 4.69) is 12.5 Å². The fraction of sp³-hybridized carbons (Fsp3) is 0.500. The van der Waals surface area contributed by atoms with E-state index in [1.54, 1.807) is 0 Å².